The van der Waals surface area contributed by atoms with Gasteiger partial charge >= 0.3 is 0 Å². The SMILES string of the molecule is CCCCCCc1cc(Cc2ccc(Cc3ccc(Cc4ccc(N)cc4)cc3)c(CCCCCC)c2)ccc1Cc1ccc(N)cc1. The van der Waals surface area contributed by atoms with Gasteiger partial charge in [0.15, 0.2) is 0 Å². The maximum absolute atomic E-state index is 5.97. The van der Waals surface area contributed by atoms with E-state index in [-0.39, 0.29) is 0 Å². The molecule has 0 bridgehead atoms. The van der Waals surface area contributed by atoms with Gasteiger partial charge in [0.05, 0.1) is 0 Å². The summed E-state index contributed by atoms with van der Waals surface area (Å²) in [6.07, 6.45) is 16.4. The van der Waals surface area contributed by atoms with Gasteiger partial charge in [-0.3, -0.25) is 0 Å². The van der Waals surface area contributed by atoms with E-state index in [1.165, 1.54) is 107 Å². The molecular formula is C46H56N2. The highest BCUT2D eigenvalue weighted by atomic mass is 14.5. The highest BCUT2D eigenvalue weighted by molar-refractivity contribution is 5.44. The van der Waals surface area contributed by atoms with Gasteiger partial charge in [0.25, 0.3) is 0 Å². The first-order chi connectivity index (χ1) is 23.5. The van der Waals surface area contributed by atoms with E-state index in [2.05, 4.69) is 98.8 Å². The lowest BCUT2D eigenvalue weighted by molar-refractivity contribution is 0.664. The van der Waals surface area contributed by atoms with Crippen molar-refractivity contribution in [3.8, 4) is 0 Å². The van der Waals surface area contributed by atoms with Gasteiger partial charge in [-0.05, 0) is 131 Å². The highest BCUT2D eigenvalue weighted by Crippen LogP contribution is 2.25. The number of nitrogens with two attached hydrogens (primary N) is 2. The predicted octanol–water partition coefficient (Wildman–Crippen LogP) is 11.5. The lowest BCUT2D eigenvalue weighted by Crippen LogP contribution is -2.01. The maximum Gasteiger partial charge on any atom is 0.0314 e. The van der Waals surface area contributed by atoms with Gasteiger partial charge in [0.1, 0.15) is 0 Å². The highest BCUT2D eigenvalue weighted by Gasteiger charge is 2.10. The molecule has 0 saturated carbocycles. The number of rotatable bonds is 18. The molecule has 0 radical (unpaired) electrons. The van der Waals surface area contributed by atoms with Crippen LogP contribution in [-0.4, -0.2) is 0 Å². The molecule has 0 saturated heterocycles. The number of anilines is 2. The topological polar surface area (TPSA) is 52.0 Å². The zero-order chi connectivity index (χ0) is 33.6. The second kappa shape index (κ2) is 18.3. The van der Waals surface area contributed by atoms with Crippen molar-refractivity contribution in [1.82, 2.24) is 0 Å². The third-order valence-electron chi connectivity index (χ3n) is 9.73. The fourth-order valence-corrected chi connectivity index (χ4v) is 6.83. The van der Waals surface area contributed by atoms with E-state index in [1.807, 2.05) is 24.3 Å². The summed E-state index contributed by atoms with van der Waals surface area (Å²) in [4.78, 5) is 0. The Hall–Kier alpha value is -4.30. The number of hydrogen-bond donors (Lipinski definition) is 2. The van der Waals surface area contributed by atoms with Crippen molar-refractivity contribution in [2.24, 2.45) is 0 Å². The van der Waals surface area contributed by atoms with Crippen LogP contribution in [0.3, 0.4) is 0 Å². The average Bonchev–Trinajstić information content (AvgIpc) is 3.10. The van der Waals surface area contributed by atoms with Crippen molar-refractivity contribution < 1.29 is 0 Å². The molecule has 0 aliphatic heterocycles. The van der Waals surface area contributed by atoms with Crippen LogP contribution in [0.2, 0.25) is 0 Å². The predicted molar refractivity (Wildman–Crippen MR) is 208 cm³/mol. The Morgan fingerprint density at radius 3 is 1.06 bits per heavy atom. The molecule has 0 spiro atoms. The first-order valence-corrected chi connectivity index (χ1v) is 18.5. The van der Waals surface area contributed by atoms with E-state index < -0.39 is 0 Å². The van der Waals surface area contributed by atoms with E-state index in [1.54, 1.807) is 0 Å². The molecular weight excluding hydrogens is 581 g/mol. The van der Waals surface area contributed by atoms with Crippen molar-refractivity contribution in [3.63, 3.8) is 0 Å². The van der Waals surface area contributed by atoms with Crippen LogP contribution in [0.25, 0.3) is 0 Å². The number of nitrogen functional groups attached to an aromatic ring is 2. The zero-order valence-corrected chi connectivity index (χ0v) is 29.4. The maximum atomic E-state index is 5.97. The molecule has 5 rings (SSSR count). The van der Waals surface area contributed by atoms with Crippen molar-refractivity contribution in [2.75, 3.05) is 11.5 Å². The van der Waals surface area contributed by atoms with Gasteiger partial charge in [-0.25, -0.2) is 0 Å². The Balaban J connectivity index is 1.32. The molecule has 0 heterocycles. The molecule has 0 amide bonds. The first kappa shape index (κ1) is 35.0. The second-order valence-electron chi connectivity index (χ2n) is 13.8. The lowest BCUT2D eigenvalue weighted by atomic mass is 9.90. The van der Waals surface area contributed by atoms with Crippen molar-refractivity contribution >= 4 is 11.4 Å². The zero-order valence-electron chi connectivity index (χ0n) is 29.4. The minimum Gasteiger partial charge on any atom is -0.399 e. The monoisotopic (exact) mass is 636 g/mol. The molecule has 2 heteroatoms. The summed E-state index contributed by atoms with van der Waals surface area (Å²) >= 11 is 0. The molecule has 48 heavy (non-hydrogen) atoms. The summed E-state index contributed by atoms with van der Waals surface area (Å²) in [5.41, 5.74) is 27.6. The van der Waals surface area contributed by atoms with Gasteiger partial charge in [-0.1, -0.05) is 137 Å². The average molecular weight is 637 g/mol. The third-order valence-corrected chi connectivity index (χ3v) is 9.73. The van der Waals surface area contributed by atoms with Gasteiger partial charge in [-0.2, -0.15) is 0 Å². The standard InChI is InChI=1S/C46H56N2/c1-3-5-7-9-11-41-33-39(17-23-43(41)31-37-15-13-35(14-16-37)29-36-19-25-45(47)26-20-36)30-40-18-24-44(32-38-21-27-46(48)28-22-38)42(34-40)12-10-8-6-4-2/h13-28,33-34H,3-12,29-32,47-48H2,1-2H3. The van der Waals surface area contributed by atoms with Gasteiger partial charge < -0.3 is 11.5 Å². The summed E-state index contributed by atoms with van der Waals surface area (Å²) in [6, 6.07) is 40.4. The van der Waals surface area contributed by atoms with E-state index in [4.69, 9.17) is 11.5 Å². The van der Waals surface area contributed by atoms with Gasteiger partial charge in [0.2, 0.25) is 0 Å². The van der Waals surface area contributed by atoms with Gasteiger partial charge in [-0.15, -0.1) is 0 Å². The molecule has 5 aromatic rings. The van der Waals surface area contributed by atoms with Crippen LogP contribution in [0.1, 0.15) is 121 Å². The summed E-state index contributed by atoms with van der Waals surface area (Å²) in [6.45, 7) is 4.58. The Morgan fingerprint density at radius 1 is 0.333 bits per heavy atom. The van der Waals surface area contributed by atoms with Crippen LogP contribution in [0, 0.1) is 0 Å². The summed E-state index contributed by atoms with van der Waals surface area (Å²) < 4.78 is 0. The van der Waals surface area contributed by atoms with Crippen molar-refractivity contribution in [3.05, 3.63) is 165 Å². The lowest BCUT2D eigenvalue weighted by Gasteiger charge is -2.15. The van der Waals surface area contributed by atoms with E-state index in [9.17, 15) is 0 Å². The Bertz CT molecular complexity index is 1680. The summed E-state index contributed by atoms with van der Waals surface area (Å²) in [5.74, 6) is 0. The molecule has 0 aromatic heterocycles. The number of unbranched alkanes of at least 4 members (excludes halogenated alkanes) is 6. The molecule has 0 aliphatic rings. The third kappa shape index (κ3) is 10.9. The number of benzene rings is 5. The minimum atomic E-state index is 0.816. The second-order valence-corrected chi connectivity index (χ2v) is 13.8. The van der Waals surface area contributed by atoms with Crippen LogP contribution < -0.4 is 11.5 Å². The fraction of sp³-hybridized carbons (Fsp3) is 0.348. The Morgan fingerprint density at radius 2 is 0.667 bits per heavy atom. The molecule has 4 N–H and O–H groups in total. The molecule has 0 aliphatic carbocycles. The van der Waals surface area contributed by atoms with Crippen LogP contribution in [0.4, 0.5) is 11.4 Å². The van der Waals surface area contributed by atoms with Crippen LogP contribution in [-0.2, 0) is 38.5 Å². The van der Waals surface area contributed by atoms with Crippen LogP contribution in [0.5, 0.6) is 0 Å². The van der Waals surface area contributed by atoms with Gasteiger partial charge in [0, 0.05) is 11.4 Å². The molecule has 250 valence electrons. The van der Waals surface area contributed by atoms with Crippen molar-refractivity contribution in [2.45, 2.75) is 104 Å². The molecule has 0 unspecified atom stereocenters. The van der Waals surface area contributed by atoms with E-state index in [0.717, 1.165) is 49.9 Å². The van der Waals surface area contributed by atoms with E-state index >= 15 is 0 Å². The largest absolute Gasteiger partial charge is 0.399 e. The minimum absolute atomic E-state index is 0.816. The molecule has 0 fully saturated rings. The number of aryl methyl sites for hydroxylation is 2. The molecule has 5 aromatic carbocycles. The van der Waals surface area contributed by atoms with E-state index in [0.29, 0.717) is 0 Å². The Labute approximate surface area is 290 Å². The molecule has 2 nitrogen and oxygen atoms in total. The Kier molecular flexibility index (Phi) is 13.3. The molecule has 0 atom stereocenters. The smallest absolute Gasteiger partial charge is 0.0314 e. The normalized spacial score (nSPS) is 11.2. The van der Waals surface area contributed by atoms with Crippen LogP contribution >= 0.6 is 0 Å². The van der Waals surface area contributed by atoms with Crippen molar-refractivity contribution in [1.29, 1.82) is 0 Å². The fourth-order valence-electron chi connectivity index (χ4n) is 6.83. The number of hydrogen-bond acceptors (Lipinski definition) is 2. The summed E-state index contributed by atoms with van der Waals surface area (Å²) in [7, 11) is 0. The van der Waals surface area contributed by atoms with Crippen LogP contribution in [0.15, 0.2) is 109 Å². The first-order valence-electron chi connectivity index (χ1n) is 18.5. The summed E-state index contributed by atoms with van der Waals surface area (Å²) in [5, 5.41) is 0. The quantitative estimate of drug-likeness (QED) is 0.0742.